The molecule has 1 aliphatic carbocycles. The first-order valence-corrected chi connectivity index (χ1v) is 9.00. The van der Waals surface area contributed by atoms with Crippen LogP contribution < -0.4 is 5.73 Å². The summed E-state index contributed by atoms with van der Waals surface area (Å²) < 4.78 is 10.8. The molecule has 3 rings (SSSR count). The summed E-state index contributed by atoms with van der Waals surface area (Å²) in [5.74, 6) is -1.48. The van der Waals surface area contributed by atoms with Crippen molar-refractivity contribution in [1.29, 1.82) is 0 Å². The minimum absolute atomic E-state index is 0.00541. The fourth-order valence-corrected chi connectivity index (χ4v) is 3.74. The summed E-state index contributed by atoms with van der Waals surface area (Å²) in [4.78, 5) is 36.3. The van der Waals surface area contributed by atoms with Crippen LogP contribution in [0.4, 0.5) is 5.69 Å². The van der Waals surface area contributed by atoms with Gasteiger partial charge < -0.3 is 15.2 Å². The van der Waals surface area contributed by atoms with Gasteiger partial charge in [-0.15, -0.1) is 0 Å². The molecular weight excluding hydrogens is 364 g/mol. The number of rotatable bonds is 4. The third-order valence-corrected chi connectivity index (χ3v) is 4.86. The highest BCUT2D eigenvalue weighted by Crippen LogP contribution is 2.48. The number of hydrogen-bond donors (Lipinski definition) is 1. The highest BCUT2D eigenvalue weighted by molar-refractivity contribution is 6.03. The highest BCUT2D eigenvalue weighted by Gasteiger charge is 2.45. The van der Waals surface area contributed by atoms with Crippen LogP contribution in [0.5, 0.6) is 0 Å². The van der Waals surface area contributed by atoms with E-state index in [1.54, 1.807) is 13.0 Å². The minimum atomic E-state index is -0.869. The van der Waals surface area contributed by atoms with Crippen molar-refractivity contribution in [2.45, 2.75) is 39.5 Å². The van der Waals surface area contributed by atoms with Crippen molar-refractivity contribution in [2.24, 2.45) is 11.1 Å². The number of carbonyl (C=O) groups is 2. The molecule has 1 aromatic rings. The topological polar surface area (TPSA) is 122 Å². The number of esters is 1. The molecule has 0 saturated heterocycles. The van der Waals surface area contributed by atoms with E-state index < -0.39 is 16.8 Å². The van der Waals surface area contributed by atoms with Gasteiger partial charge in [0.15, 0.2) is 5.78 Å². The summed E-state index contributed by atoms with van der Waals surface area (Å²) in [5, 5.41) is 11.2. The molecule has 0 saturated carbocycles. The normalized spacial score (nSPS) is 21.1. The number of nitrogens with two attached hydrogens (primary N) is 1. The summed E-state index contributed by atoms with van der Waals surface area (Å²) in [6.45, 7) is 5.66. The van der Waals surface area contributed by atoms with E-state index >= 15 is 0 Å². The van der Waals surface area contributed by atoms with Gasteiger partial charge in [-0.1, -0.05) is 26.0 Å². The largest absolute Gasteiger partial charge is 0.462 e. The van der Waals surface area contributed by atoms with E-state index in [1.807, 2.05) is 13.8 Å². The molecule has 0 radical (unpaired) electrons. The van der Waals surface area contributed by atoms with Crippen molar-refractivity contribution in [2.75, 3.05) is 6.61 Å². The molecule has 1 heterocycles. The van der Waals surface area contributed by atoms with Crippen LogP contribution in [0.25, 0.3) is 0 Å². The lowest BCUT2D eigenvalue weighted by molar-refractivity contribution is -0.384. The average Bonchev–Trinajstić information content (AvgIpc) is 2.59. The Kier molecular flexibility index (Phi) is 4.97. The number of ketones is 1. The van der Waals surface area contributed by atoms with E-state index in [0.29, 0.717) is 23.3 Å². The third-order valence-electron chi connectivity index (χ3n) is 4.86. The minimum Gasteiger partial charge on any atom is -0.462 e. The molecule has 2 N–H and O–H groups in total. The lowest BCUT2D eigenvalue weighted by Gasteiger charge is -2.37. The number of hydrogen-bond acceptors (Lipinski definition) is 7. The number of ether oxygens (including phenoxy) is 2. The van der Waals surface area contributed by atoms with E-state index in [0.717, 1.165) is 0 Å². The van der Waals surface area contributed by atoms with Crippen LogP contribution in [0.2, 0.25) is 0 Å². The Labute approximate surface area is 162 Å². The number of Topliss-reactive ketones (excluding diaryl/α,β-unsaturated/α-hetero) is 1. The van der Waals surface area contributed by atoms with Gasteiger partial charge in [0.25, 0.3) is 5.69 Å². The van der Waals surface area contributed by atoms with Gasteiger partial charge in [0.2, 0.25) is 5.88 Å². The van der Waals surface area contributed by atoms with E-state index in [1.165, 1.54) is 18.2 Å². The molecule has 0 spiro atoms. The summed E-state index contributed by atoms with van der Waals surface area (Å²) in [6, 6.07) is 5.84. The molecule has 0 fully saturated rings. The van der Waals surface area contributed by atoms with Gasteiger partial charge in [0, 0.05) is 30.5 Å². The number of non-ortho nitro benzene ring substituents is 1. The Morgan fingerprint density at radius 1 is 1.39 bits per heavy atom. The molecule has 0 aromatic heterocycles. The molecule has 0 amide bonds. The molecule has 28 heavy (non-hydrogen) atoms. The summed E-state index contributed by atoms with van der Waals surface area (Å²) in [6.07, 6.45) is 0.743. The molecule has 148 valence electrons. The van der Waals surface area contributed by atoms with Crippen molar-refractivity contribution < 1.29 is 24.0 Å². The van der Waals surface area contributed by atoms with E-state index in [2.05, 4.69) is 0 Å². The number of nitro benzene ring substituents is 1. The van der Waals surface area contributed by atoms with Crippen LogP contribution in [-0.2, 0) is 19.1 Å². The number of allylic oxidation sites excluding steroid dienone is 2. The van der Waals surface area contributed by atoms with Crippen LogP contribution in [0.15, 0.2) is 47.1 Å². The van der Waals surface area contributed by atoms with Gasteiger partial charge in [-0.05, 0) is 17.9 Å². The third kappa shape index (κ3) is 3.49. The second-order valence-corrected chi connectivity index (χ2v) is 7.66. The number of benzene rings is 1. The van der Waals surface area contributed by atoms with Crippen LogP contribution in [0, 0.1) is 15.5 Å². The average molecular weight is 386 g/mol. The van der Waals surface area contributed by atoms with Crippen LogP contribution in [0.1, 0.15) is 45.1 Å². The van der Waals surface area contributed by atoms with Crippen molar-refractivity contribution in [3.8, 4) is 0 Å². The molecule has 1 aromatic carbocycles. The fraction of sp³-hybridized carbons (Fsp3) is 0.400. The summed E-state index contributed by atoms with van der Waals surface area (Å²) >= 11 is 0. The van der Waals surface area contributed by atoms with Gasteiger partial charge in [0.1, 0.15) is 11.3 Å². The molecule has 0 bridgehead atoms. The monoisotopic (exact) mass is 386 g/mol. The maximum Gasteiger partial charge on any atom is 0.340 e. The smallest absolute Gasteiger partial charge is 0.340 e. The maximum atomic E-state index is 13.0. The first kappa shape index (κ1) is 19.6. The molecule has 1 unspecified atom stereocenters. The van der Waals surface area contributed by atoms with Crippen molar-refractivity contribution in [3.63, 3.8) is 0 Å². The Balaban J connectivity index is 2.21. The lowest BCUT2D eigenvalue weighted by atomic mass is 9.70. The van der Waals surface area contributed by atoms with Crippen molar-refractivity contribution in [3.05, 3.63) is 62.7 Å². The molecule has 8 nitrogen and oxygen atoms in total. The number of nitrogens with zero attached hydrogens (tertiary/aromatic N) is 1. The van der Waals surface area contributed by atoms with Gasteiger partial charge in [-0.25, -0.2) is 4.79 Å². The van der Waals surface area contributed by atoms with Gasteiger partial charge in [0.05, 0.1) is 17.4 Å². The SMILES string of the molecule is CCOC(=O)C1=C(N)OC2=C(C(=O)CC(C)(C)C2)C1c1cccc([N+](=O)[O-])c1. The van der Waals surface area contributed by atoms with E-state index in [-0.39, 0.29) is 41.4 Å². The molecular formula is C20H22N2O6. The maximum absolute atomic E-state index is 13.0. The molecule has 8 heteroatoms. The van der Waals surface area contributed by atoms with Crippen LogP contribution in [0.3, 0.4) is 0 Å². The van der Waals surface area contributed by atoms with Gasteiger partial charge >= 0.3 is 5.97 Å². The second kappa shape index (κ2) is 7.10. The van der Waals surface area contributed by atoms with Crippen LogP contribution in [-0.4, -0.2) is 23.3 Å². The van der Waals surface area contributed by atoms with E-state index in [9.17, 15) is 19.7 Å². The van der Waals surface area contributed by atoms with Gasteiger partial charge in [-0.3, -0.25) is 14.9 Å². The van der Waals surface area contributed by atoms with Gasteiger partial charge in [-0.2, -0.15) is 0 Å². The predicted molar refractivity (Wildman–Crippen MR) is 99.8 cm³/mol. The summed E-state index contributed by atoms with van der Waals surface area (Å²) in [7, 11) is 0. The highest BCUT2D eigenvalue weighted by atomic mass is 16.6. The predicted octanol–water partition coefficient (Wildman–Crippen LogP) is 3.09. The van der Waals surface area contributed by atoms with Crippen molar-refractivity contribution >= 4 is 17.4 Å². The van der Waals surface area contributed by atoms with Crippen molar-refractivity contribution in [1.82, 2.24) is 0 Å². The Hall–Kier alpha value is -3.16. The number of carbonyl (C=O) groups excluding carboxylic acids is 2. The zero-order valence-electron chi connectivity index (χ0n) is 16.0. The first-order valence-electron chi connectivity index (χ1n) is 9.00. The zero-order chi connectivity index (χ0) is 20.6. The Morgan fingerprint density at radius 3 is 2.75 bits per heavy atom. The first-order chi connectivity index (χ1) is 13.1. The molecule has 2 aliphatic rings. The standard InChI is InChI=1S/C20H22N2O6/c1-4-27-19(24)17-15(11-6-5-7-12(8-11)22(25)26)16-13(23)9-20(2,3)10-14(16)28-18(17)21/h5-8,15H,4,9-10,21H2,1-3H3. The molecule has 1 atom stereocenters. The number of nitro groups is 1. The summed E-state index contributed by atoms with van der Waals surface area (Å²) in [5.41, 5.74) is 6.33. The quantitative estimate of drug-likeness (QED) is 0.479. The fourth-order valence-electron chi connectivity index (χ4n) is 3.74. The second-order valence-electron chi connectivity index (χ2n) is 7.66. The van der Waals surface area contributed by atoms with Crippen LogP contribution >= 0.6 is 0 Å². The van der Waals surface area contributed by atoms with E-state index in [4.69, 9.17) is 15.2 Å². The Morgan fingerprint density at radius 2 is 2.11 bits per heavy atom. The molecule has 1 aliphatic heterocycles. The Bertz CT molecular complexity index is 928. The zero-order valence-corrected chi connectivity index (χ0v) is 16.0. The lowest BCUT2D eigenvalue weighted by Crippen LogP contribution is -2.35.